The smallest absolute Gasteiger partial charge is 0.250 e. The number of carbonyl (C=O) groups excluding carboxylic acids is 1. The lowest BCUT2D eigenvalue weighted by molar-refractivity contribution is -0.111. The number of anilines is 1. The van der Waals surface area contributed by atoms with Gasteiger partial charge in [0.1, 0.15) is 17.3 Å². The third kappa shape index (κ3) is 4.71. The molecule has 3 rings (SSSR count). The molecule has 0 fully saturated rings. The largest absolute Gasteiger partial charge is 0.497 e. The van der Waals surface area contributed by atoms with Gasteiger partial charge in [0.25, 0.3) is 0 Å². The third-order valence-electron chi connectivity index (χ3n) is 3.73. The minimum absolute atomic E-state index is 0.305. The van der Waals surface area contributed by atoms with Crippen LogP contribution >= 0.6 is 11.3 Å². The molecule has 0 radical (unpaired) electrons. The van der Waals surface area contributed by atoms with Crippen LogP contribution in [-0.2, 0) is 4.79 Å². The zero-order valence-electron chi connectivity index (χ0n) is 14.7. The second kappa shape index (κ2) is 8.46. The highest BCUT2D eigenvalue weighted by atomic mass is 32.1. The van der Waals surface area contributed by atoms with Gasteiger partial charge in [0, 0.05) is 22.6 Å². The summed E-state index contributed by atoms with van der Waals surface area (Å²) in [5, 5.41) is 4.98. The molecular formula is C20H17FN2O3S. The van der Waals surface area contributed by atoms with Crippen LogP contribution in [0.2, 0.25) is 0 Å². The molecule has 2 aromatic carbocycles. The minimum atomic E-state index is -0.320. The van der Waals surface area contributed by atoms with Crippen LogP contribution < -0.4 is 14.8 Å². The molecule has 0 aliphatic rings. The molecule has 0 atom stereocenters. The summed E-state index contributed by atoms with van der Waals surface area (Å²) in [7, 11) is 3.13. The monoisotopic (exact) mass is 384 g/mol. The molecule has 0 aliphatic heterocycles. The van der Waals surface area contributed by atoms with Crippen LogP contribution in [0.15, 0.2) is 53.9 Å². The molecule has 0 unspecified atom stereocenters. The first kappa shape index (κ1) is 18.6. The Balaban J connectivity index is 1.69. The predicted molar refractivity (Wildman–Crippen MR) is 105 cm³/mol. The molecule has 1 aromatic heterocycles. The average Bonchev–Trinajstić information content (AvgIpc) is 3.15. The van der Waals surface area contributed by atoms with Crippen LogP contribution in [-0.4, -0.2) is 25.1 Å². The highest BCUT2D eigenvalue weighted by Crippen LogP contribution is 2.26. The summed E-state index contributed by atoms with van der Waals surface area (Å²) in [6.07, 6.45) is 3.04. The molecule has 1 amide bonds. The predicted octanol–water partition coefficient (Wildman–Crippen LogP) is 4.62. The number of rotatable bonds is 6. The molecule has 1 heterocycles. The van der Waals surface area contributed by atoms with Crippen molar-refractivity contribution in [3.05, 3.63) is 65.3 Å². The maximum Gasteiger partial charge on any atom is 0.250 e. The van der Waals surface area contributed by atoms with Gasteiger partial charge in [-0.1, -0.05) is 0 Å². The van der Waals surface area contributed by atoms with E-state index in [4.69, 9.17) is 9.47 Å². The molecule has 0 aliphatic carbocycles. The van der Waals surface area contributed by atoms with Gasteiger partial charge in [-0.3, -0.25) is 10.1 Å². The van der Waals surface area contributed by atoms with E-state index in [2.05, 4.69) is 10.3 Å². The number of ether oxygens (including phenoxy) is 2. The number of thiazole rings is 1. The molecule has 0 bridgehead atoms. The lowest BCUT2D eigenvalue weighted by Crippen LogP contribution is -2.07. The van der Waals surface area contributed by atoms with E-state index < -0.39 is 0 Å². The Kier molecular flexibility index (Phi) is 5.83. The maximum atomic E-state index is 13.0. The number of hydrogen-bond acceptors (Lipinski definition) is 5. The number of carbonyl (C=O) groups is 1. The van der Waals surface area contributed by atoms with E-state index in [1.54, 1.807) is 56.0 Å². The summed E-state index contributed by atoms with van der Waals surface area (Å²) in [5.41, 5.74) is 2.18. The van der Waals surface area contributed by atoms with E-state index in [0.29, 0.717) is 22.3 Å². The van der Waals surface area contributed by atoms with Crippen molar-refractivity contribution in [1.29, 1.82) is 0 Å². The van der Waals surface area contributed by atoms with Crippen molar-refractivity contribution >= 4 is 28.5 Å². The van der Waals surface area contributed by atoms with Gasteiger partial charge in [-0.25, -0.2) is 9.37 Å². The summed E-state index contributed by atoms with van der Waals surface area (Å²) in [6.45, 7) is 0. The van der Waals surface area contributed by atoms with E-state index in [1.165, 1.54) is 29.5 Å². The number of methoxy groups -OCH3 is 2. The fourth-order valence-electron chi connectivity index (χ4n) is 2.37. The molecule has 0 spiro atoms. The molecule has 5 nitrogen and oxygen atoms in total. The van der Waals surface area contributed by atoms with Crippen LogP contribution in [0, 0.1) is 5.82 Å². The van der Waals surface area contributed by atoms with Gasteiger partial charge in [0.05, 0.1) is 19.9 Å². The molecular weight excluding hydrogens is 367 g/mol. The highest BCUT2D eigenvalue weighted by molar-refractivity contribution is 7.14. The number of aromatic nitrogens is 1. The highest BCUT2D eigenvalue weighted by Gasteiger charge is 2.07. The van der Waals surface area contributed by atoms with Gasteiger partial charge >= 0.3 is 0 Å². The topological polar surface area (TPSA) is 60.5 Å². The van der Waals surface area contributed by atoms with Crippen molar-refractivity contribution in [2.45, 2.75) is 0 Å². The normalized spacial score (nSPS) is 10.8. The number of halogens is 1. The number of amides is 1. The number of nitrogens with zero attached hydrogens (tertiary/aromatic N) is 1. The van der Waals surface area contributed by atoms with Crippen molar-refractivity contribution in [3.8, 4) is 22.8 Å². The molecule has 1 N–H and O–H groups in total. The molecule has 3 aromatic rings. The van der Waals surface area contributed by atoms with E-state index in [0.717, 1.165) is 11.1 Å². The van der Waals surface area contributed by atoms with Crippen LogP contribution in [0.1, 0.15) is 5.56 Å². The lowest BCUT2D eigenvalue weighted by atomic mass is 10.1. The van der Waals surface area contributed by atoms with Gasteiger partial charge in [-0.15, -0.1) is 11.3 Å². The standard InChI is InChI=1S/C20H17FN2O3S/c1-25-16-8-9-18(26-2)14(11-16)5-10-19(24)23-20-22-17(12-27-20)13-3-6-15(21)7-4-13/h3-12H,1-2H3,(H,22,23,24)/b10-5+. The Bertz CT molecular complexity index is 968. The quantitative estimate of drug-likeness (QED) is 0.630. The molecule has 7 heteroatoms. The van der Waals surface area contributed by atoms with Crippen molar-refractivity contribution in [2.24, 2.45) is 0 Å². The van der Waals surface area contributed by atoms with Gasteiger partial charge in [-0.2, -0.15) is 0 Å². The SMILES string of the molecule is COc1ccc(OC)c(/C=C/C(=O)Nc2nc(-c3ccc(F)cc3)cs2)c1. The van der Waals surface area contributed by atoms with Crippen LogP contribution in [0.5, 0.6) is 11.5 Å². The summed E-state index contributed by atoms with van der Waals surface area (Å²) >= 11 is 1.30. The fourth-order valence-corrected chi connectivity index (χ4v) is 3.09. The Morgan fingerprint density at radius 2 is 1.93 bits per heavy atom. The Hall–Kier alpha value is -3.19. The number of nitrogens with one attached hydrogen (secondary N) is 1. The third-order valence-corrected chi connectivity index (χ3v) is 4.48. The minimum Gasteiger partial charge on any atom is -0.497 e. The van der Waals surface area contributed by atoms with Crippen LogP contribution in [0.3, 0.4) is 0 Å². The van der Waals surface area contributed by atoms with Gasteiger partial charge in [0.2, 0.25) is 5.91 Å². The molecule has 138 valence electrons. The zero-order chi connectivity index (χ0) is 19.2. The van der Waals surface area contributed by atoms with Gasteiger partial charge in [0.15, 0.2) is 5.13 Å². The Morgan fingerprint density at radius 1 is 1.15 bits per heavy atom. The van der Waals surface area contributed by atoms with Crippen LogP contribution in [0.25, 0.3) is 17.3 Å². The molecule has 27 heavy (non-hydrogen) atoms. The van der Waals surface area contributed by atoms with E-state index >= 15 is 0 Å². The van der Waals surface area contributed by atoms with Crippen LogP contribution in [0.4, 0.5) is 9.52 Å². The van der Waals surface area contributed by atoms with Crippen molar-refractivity contribution < 1.29 is 18.7 Å². The summed E-state index contributed by atoms with van der Waals surface area (Å²) < 4.78 is 23.5. The van der Waals surface area contributed by atoms with Crippen molar-refractivity contribution in [3.63, 3.8) is 0 Å². The summed E-state index contributed by atoms with van der Waals surface area (Å²) in [4.78, 5) is 16.5. The number of benzene rings is 2. The second-order valence-electron chi connectivity index (χ2n) is 5.48. The van der Waals surface area contributed by atoms with Crippen molar-refractivity contribution in [2.75, 3.05) is 19.5 Å². The van der Waals surface area contributed by atoms with Gasteiger partial charge in [-0.05, 0) is 48.5 Å². The molecule has 0 saturated heterocycles. The van der Waals surface area contributed by atoms with E-state index in [-0.39, 0.29) is 11.7 Å². The first-order valence-electron chi connectivity index (χ1n) is 8.01. The average molecular weight is 384 g/mol. The molecule has 0 saturated carbocycles. The second-order valence-corrected chi connectivity index (χ2v) is 6.33. The summed E-state index contributed by atoms with van der Waals surface area (Å²) in [6, 6.07) is 11.4. The first-order chi connectivity index (χ1) is 13.1. The van der Waals surface area contributed by atoms with Gasteiger partial charge < -0.3 is 9.47 Å². The van der Waals surface area contributed by atoms with Crippen molar-refractivity contribution in [1.82, 2.24) is 4.98 Å². The van der Waals surface area contributed by atoms with E-state index in [1.807, 2.05) is 0 Å². The first-order valence-corrected chi connectivity index (χ1v) is 8.89. The summed E-state index contributed by atoms with van der Waals surface area (Å²) in [5.74, 6) is 0.674. The van der Waals surface area contributed by atoms with E-state index in [9.17, 15) is 9.18 Å². The fraction of sp³-hybridized carbons (Fsp3) is 0.100. The lowest BCUT2D eigenvalue weighted by Gasteiger charge is -2.07. The Labute approximate surface area is 160 Å². The maximum absolute atomic E-state index is 13.0. The number of hydrogen-bond donors (Lipinski definition) is 1. The Morgan fingerprint density at radius 3 is 2.63 bits per heavy atom. The zero-order valence-corrected chi connectivity index (χ0v) is 15.5.